The van der Waals surface area contributed by atoms with E-state index in [1.165, 1.54) is 5.56 Å². The molecule has 3 aromatic carbocycles. The minimum absolute atomic E-state index is 0.293. The van der Waals surface area contributed by atoms with Crippen LogP contribution < -0.4 is 9.47 Å². The number of unbranched alkanes of at least 4 members (excludes halogenated alkanes) is 1. The zero-order valence-corrected chi connectivity index (χ0v) is 23.3. The fraction of sp³-hybridized carbons (Fsp3) is 0.333. The smallest absolute Gasteiger partial charge is 0.307 e. The van der Waals surface area contributed by atoms with Gasteiger partial charge in [-0.2, -0.15) is 5.10 Å². The highest BCUT2D eigenvalue weighted by Gasteiger charge is 2.31. The van der Waals surface area contributed by atoms with Gasteiger partial charge in [0.15, 0.2) is 0 Å². The first-order valence-electron chi connectivity index (χ1n) is 13.7. The molecule has 0 saturated heterocycles. The first kappa shape index (κ1) is 28.0. The van der Waals surface area contributed by atoms with Gasteiger partial charge in [-0.05, 0) is 66.8 Å². The van der Waals surface area contributed by atoms with Crippen LogP contribution in [0.3, 0.4) is 0 Å². The molecule has 0 saturated carbocycles. The van der Waals surface area contributed by atoms with Crippen molar-refractivity contribution in [1.29, 1.82) is 0 Å². The minimum atomic E-state index is -0.808. The van der Waals surface area contributed by atoms with Crippen LogP contribution >= 0.6 is 0 Å². The highest BCUT2D eigenvalue weighted by atomic mass is 16.5. The molecule has 1 aromatic heterocycles. The molecule has 1 N–H and O–H groups in total. The van der Waals surface area contributed by atoms with Crippen molar-refractivity contribution >= 4 is 5.97 Å². The summed E-state index contributed by atoms with van der Waals surface area (Å²) in [6.07, 6.45) is 4.37. The van der Waals surface area contributed by atoms with Crippen LogP contribution in [0.25, 0.3) is 11.1 Å². The van der Waals surface area contributed by atoms with Crippen LogP contribution in [0.2, 0.25) is 0 Å². The standard InChI is InChI=1S/C33H38N2O4/c1-5-7-20-38-31-17-8-23(3)21-29(31)25-11-9-24(10-12-25)22-39-27-15-13-26(14-16-27)32(28(6-2)33(36)37)30-18-19-34-35(30)4/h8-19,21,28,32H,5-7,20,22H2,1-4H3,(H,36,37). The van der Waals surface area contributed by atoms with Crippen LogP contribution in [-0.2, 0) is 18.4 Å². The fourth-order valence-electron chi connectivity index (χ4n) is 4.89. The average molecular weight is 527 g/mol. The van der Waals surface area contributed by atoms with E-state index < -0.39 is 11.9 Å². The molecule has 0 fully saturated rings. The Bertz CT molecular complexity index is 1360. The van der Waals surface area contributed by atoms with E-state index in [0.29, 0.717) is 13.0 Å². The fourth-order valence-corrected chi connectivity index (χ4v) is 4.89. The number of ether oxygens (including phenoxy) is 2. The van der Waals surface area contributed by atoms with Crippen LogP contribution in [0.1, 0.15) is 61.4 Å². The lowest BCUT2D eigenvalue weighted by atomic mass is 9.82. The average Bonchev–Trinajstić information content (AvgIpc) is 3.37. The number of carboxylic acid groups (broad SMARTS) is 1. The quantitative estimate of drug-likeness (QED) is 0.184. The number of carbonyl (C=O) groups is 1. The Hall–Kier alpha value is -4.06. The third-order valence-corrected chi connectivity index (χ3v) is 7.14. The molecule has 2 atom stereocenters. The molecule has 0 aliphatic rings. The number of aryl methyl sites for hydroxylation is 2. The molecular weight excluding hydrogens is 488 g/mol. The molecular formula is C33H38N2O4. The summed E-state index contributed by atoms with van der Waals surface area (Å²) in [7, 11) is 1.85. The van der Waals surface area contributed by atoms with E-state index in [1.54, 1.807) is 10.9 Å². The van der Waals surface area contributed by atoms with Gasteiger partial charge in [0.1, 0.15) is 18.1 Å². The largest absolute Gasteiger partial charge is 0.493 e. The van der Waals surface area contributed by atoms with Crippen molar-refractivity contribution in [3.8, 4) is 22.6 Å². The number of hydrogen-bond donors (Lipinski definition) is 1. The number of benzene rings is 3. The Morgan fingerprint density at radius 1 is 0.974 bits per heavy atom. The molecule has 6 nitrogen and oxygen atoms in total. The Morgan fingerprint density at radius 3 is 2.33 bits per heavy atom. The maximum atomic E-state index is 12.0. The lowest BCUT2D eigenvalue weighted by Gasteiger charge is -2.24. The molecule has 0 aliphatic heterocycles. The van der Waals surface area contributed by atoms with Gasteiger partial charge in [0.2, 0.25) is 0 Å². The summed E-state index contributed by atoms with van der Waals surface area (Å²) in [5, 5.41) is 14.1. The summed E-state index contributed by atoms with van der Waals surface area (Å²) in [5.41, 5.74) is 6.29. The van der Waals surface area contributed by atoms with Crippen molar-refractivity contribution in [2.75, 3.05) is 6.61 Å². The number of nitrogens with zero attached hydrogens (tertiary/aromatic N) is 2. The lowest BCUT2D eigenvalue weighted by Crippen LogP contribution is -2.24. The molecule has 1 heterocycles. The maximum absolute atomic E-state index is 12.0. The van der Waals surface area contributed by atoms with E-state index in [1.807, 2.05) is 44.3 Å². The second-order valence-electron chi connectivity index (χ2n) is 9.97. The predicted molar refractivity (Wildman–Crippen MR) is 154 cm³/mol. The van der Waals surface area contributed by atoms with E-state index in [9.17, 15) is 9.90 Å². The van der Waals surface area contributed by atoms with E-state index >= 15 is 0 Å². The third-order valence-electron chi connectivity index (χ3n) is 7.14. The highest BCUT2D eigenvalue weighted by molar-refractivity contribution is 5.72. The molecule has 0 amide bonds. The number of aliphatic carboxylic acids is 1. The molecule has 2 unspecified atom stereocenters. The van der Waals surface area contributed by atoms with Crippen molar-refractivity contribution in [1.82, 2.24) is 9.78 Å². The van der Waals surface area contributed by atoms with Gasteiger partial charge in [-0.15, -0.1) is 0 Å². The first-order chi connectivity index (χ1) is 18.9. The summed E-state index contributed by atoms with van der Waals surface area (Å²) in [5.74, 6) is 0.00418. The van der Waals surface area contributed by atoms with Gasteiger partial charge in [-0.25, -0.2) is 0 Å². The Morgan fingerprint density at radius 2 is 1.72 bits per heavy atom. The predicted octanol–water partition coefficient (Wildman–Crippen LogP) is 7.40. The van der Waals surface area contributed by atoms with E-state index in [2.05, 4.69) is 61.4 Å². The summed E-state index contributed by atoms with van der Waals surface area (Å²) in [6.45, 7) is 7.32. The van der Waals surface area contributed by atoms with E-state index in [-0.39, 0.29) is 5.92 Å². The first-order valence-corrected chi connectivity index (χ1v) is 13.7. The molecule has 204 valence electrons. The lowest BCUT2D eigenvalue weighted by molar-refractivity contribution is -0.142. The van der Waals surface area contributed by atoms with E-state index in [4.69, 9.17) is 9.47 Å². The summed E-state index contributed by atoms with van der Waals surface area (Å²) >= 11 is 0. The van der Waals surface area contributed by atoms with Crippen LogP contribution in [0.5, 0.6) is 11.5 Å². The second-order valence-corrected chi connectivity index (χ2v) is 9.97. The van der Waals surface area contributed by atoms with Crippen molar-refractivity contribution in [3.63, 3.8) is 0 Å². The molecule has 4 rings (SSSR count). The zero-order chi connectivity index (χ0) is 27.8. The summed E-state index contributed by atoms with van der Waals surface area (Å²) < 4.78 is 13.9. The summed E-state index contributed by atoms with van der Waals surface area (Å²) in [4.78, 5) is 12.0. The van der Waals surface area contributed by atoms with Gasteiger partial charge in [-0.3, -0.25) is 9.48 Å². The molecule has 0 aliphatic carbocycles. The van der Waals surface area contributed by atoms with Crippen molar-refractivity contribution in [2.45, 2.75) is 52.6 Å². The zero-order valence-electron chi connectivity index (χ0n) is 23.3. The summed E-state index contributed by atoms with van der Waals surface area (Å²) in [6, 6.07) is 24.3. The van der Waals surface area contributed by atoms with Crippen LogP contribution in [-0.4, -0.2) is 27.5 Å². The van der Waals surface area contributed by atoms with Gasteiger partial charge >= 0.3 is 5.97 Å². The minimum Gasteiger partial charge on any atom is -0.493 e. The van der Waals surface area contributed by atoms with Crippen LogP contribution in [0, 0.1) is 12.8 Å². The number of rotatable bonds is 13. The normalized spacial score (nSPS) is 12.6. The highest BCUT2D eigenvalue weighted by Crippen LogP contribution is 2.35. The Balaban J connectivity index is 1.45. The molecule has 0 bridgehead atoms. The number of aromatic nitrogens is 2. The van der Waals surface area contributed by atoms with Crippen LogP contribution in [0.4, 0.5) is 0 Å². The molecule has 4 aromatic rings. The van der Waals surface area contributed by atoms with Crippen molar-refractivity contribution < 1.29 is 19.4 Å². The van der Waals surface area contributed by atoms with Gasteiger partial charge in [0.25, 0.3) is 0 Å². The monoisotopic (exact) mass is 526 g/mol. The number of carboxylic acids is 1. The van der Waals surface area contributed by atoms with E-state index in [0.717, 1.165) is 58.9 Å². The van der Waals surface area contributed by atoms with Gasteiger partial charge in [0, 0.05) is 30.4 Å². The van der Waals surface area contributed by atoms with Gasteiger partial charge in [0.05, 0.1) is 12.5 Å². The van der Waals surface area contributed by atoms with Crippen molar-refractivity contribution in [3.05, 3.63) is 101 Å². The maximum Gasteiger partial charge on any atom is 0.307 e. The van der Waals surface area contributed by atoms with Crippen LogP contribution in [0.15, 0.2) is 79.0 Å². The van der Waals surface area contributed by atoms with Gasteiger partial charge in [-0.1, -0.05) is 68.3 Å². The number of hydrogen-bond acceptors (Lipinski definition) is 4. The Labute approximate surface area is 231 Å². The molecule has 0 spiro atoms. The molecule has 0 radical (unpaired) electrons. The third kappa shape index (κ3) is 6.88. The SMILES string of the molecule is CCCCOc1ccc(C)cc1-c1ccc(COc2ccc(C(c3ccnn3C)C(CC)C(=O)O)cc2)cc1. The van der Waals surface area contributed by atoms with Gasteiger partial charge < -0.3 is 14.6 Å². The Kier molecular flexibility index (Phi) is 9.42. The second kappa shape index (κ2) is 13.1. The van der Waals surface area contributed by atoms with Crippen molar-refractivity contribution in [2.24, 2.45) is 13.0 Å². The molecule has 39 heavy (non-hydrogen) atoms. The molecule has 6 heteroatoms. The topological polar surface area (TPSA) is 73.6 Å².